The van der Waals surface area contributed by atoms with Crippen LogP contribution in [-0.2, 0) is 13.5 Å². The lowest BCUT2D eigenvalue weighted by molar-refractivity contribution is 0.605. The van der Waals surface area contributed by atoms with Crippen LogP contribution in [0.3, 0.4) is 0 Å². The SMILES string of the molecule is Cl.Cl.Cn1ccc2c(N)nc(Cc3ccncc3F)nc21. The van der Waals surface area contributed by atoms with Gasteiger partial charge in [0, 0.05) is 25.9 Å². The Kier molecular flexibility index (Phi) is 5.46. The van der Waals surface area contributed by atoms with Gasteiger partial charge in [-0.2, -0.15) is 0 Å². The molecule has 21 heavy (non-hydrogen) atoms. The topological polar surface area (TPSA) is 69.6 Å². The van der Waals surface area contributed by atoms with E-state index in [-0.39, 0.29) is 30.6 Å². The first kappa shape index (κ1) is 17.1. The van der Waals surface area contributed by atoms with Crippen molar-refractivity contribution in [2.24, 2.45) is 7.05 Å². The molecule has 0 amide bonds. The maximum Gasteiger partial charge on any atom is 0.145 e. The second kappa shape index (κ2) is 6.69. The average Bonchev–Trinajstić information content (AvgIpc) is 2.75. The van der Waals surface area contributed by atoms with Gasteiger partial charge in [-0.15, -0.1) is 24.8 Å². The van der Waals surface area contributed by atoms with E-state index in [2.05, 4.69) is 15.0 Å². The van der Waals surface area contributed by atoms with E-state index < -0.39 is 0 Å². The van der Waals surface area contributed by atoms with Crippen molar-refractivity contribution in [1.82, 2.24) is 19.5 Å². The van der Waals surface area contributed by atoms with Crippen molar-refractivity contribution in [3.05, 3.63) is 47.9 Å². The molecule has 0 atom stereocenters. The molecule has 0 aromatic carbocycles. The molecule has 0 spiro atoms. The van der Waals surface area contributed by atoms with E-state index in [9.17, 15) is 4.39 Å². The minimum Gasteiger partial charge on any atom is -0.383 e. The molecule has 3 aromatic rings. The van der Waals surface area contributed by atoms with Crippen LogP contribution in [0.4, 0.5) is 10.2 Å². The van der Waals surface area contributed by atoms with Gasteiger partial charge in [-0.25, -0.2) is 14.4 Å². The Morgan fingerprint density at radius 3 is 2.71 bits per heavy atom. The fraction of sp³-hybridized carbons (Fsp3) is 0.154. The third-order valence-corrected chi connectivity index (χ3v) is 3.01. The van der Waals surface area contributed by atoms with Crippen LogP contribution in [0.1, 0.15) is 11.4 Å². The van der Waals surface area contributed by atoms with Gasteiger partial charge in [-0.3, -0.25) is 4.98 Å². The molecule has 0 fully saturated rings. The summed E-state index contributed by atoms with van der Waals surface area (Å²) in [5, 5.41) is 0.807. The molecule has 2 N–H and O–H groups in total. The third kappa shape index (κ3) is 3.22. The predicted molar refractivity (Wildman–Crippen MR) is 84.4 cm³/mol. The fourth-order valence-electron chi connectivity index (χ4n) is 2.00. The summed E-state index contributed by atoms with van der Waals surface area (Å²) < 4.78 is 15.4. The van der Waals surface area contributed by atoms with Gasteiger partial charge in [0.1, 0.15) is 23.1 Å². The molecular weight excluding hydrogens is 316 g/mol. The van der Waals surface area contributed by atoms with E-state index in [0.29, 0.717) is 23.6 Å². The molecule has 3 aromatic heterocycles. The van der Waals surface area contributed by atoms with Gasteiger partial charge >= 0.3 is 0 Å². The number of fused-ring (bicyclic) bond motifs is 1. The van der Waals surface area contributed by atoms with Crippen molar-refractivity contribution in [3.8, 4) is 0 Å². The maximum absolute atomic E-state index is 13.6. The Balaban J connectivity index is 0.00000110. The highest BCUT2D eigenvalue weighted by atomic mass is 35.5. The Morgan fingerprint density at radius 1 is 1.24 bits per heavy atom. The molecule has 5 nitrogen and oxygen atoms in total. The molecule has 112 valence electrons. The second-order valence-corrected chi connectivity index (χ2v) is 4.33. The largest absolute Gasteiger partial charge is 0.383 e. The van der Waals surface area contributed by atoms with E-state index in [1.54, 1.807) is 12.3 Å². The summed E-state index contributed by atoms with van der Waals surface area (Å²) in [6.07, 6.45) is 4.88. The molecule has 0 unspecified atom stereocenters. The number of nitrogens with two attached hydrogens (primary N) is 1. The van der Waals surface area contributed by atoms with E-state index in [4.69, 9.17) is 5.73 Å². The van der Waals surface area contributed by atoms with Gasteiger partial charge in [0.2, 0.25) is 0 Å². The Bertz CT molecular complexity index is 759. The van der Waals surface area contributed by atoms with Crippen molar-refractivity contribution in [2.75, 3.05) is 5.73 Å². The smallest absolute Gasteiger partial charge is 0.145 e. The normalized spacial score (nSPS) is 10.0. The third-order valence-electron chi connectivity index (χ3n) is 3.01. The number of halogens is 3. The number of nitrogens with zero attached hydrogens (tertiary/aromatic N) is 4. The summed E-state index contributed by atoms with van der Waals surface area (Å²) in [7, 11) is 1.88. The van der Waals surface area contributed by atoms with Crippen LogP contribution in [0.15, 0.2) is 30.7 Å². The van der Waals surface area contributed by atoms with Crippen LogP contribution >= 0.6 is 24.8 Å². The standard InChI is InChI=1S/C13H12FN5.2ClH/c1-19-5-3-9-12(15)17-11(18-13(9)19)6-8-2-4-16-7-10(8)14;;/h2-5,7H,6H2,1H3,(H2,15,17,18);2*1H. The molecule has 0 aliphatic rings. The summed E-state index contributed by atoms with van der Waals surface area (Å²) in [5.41, 5.74) is 7.14. The highest BCUT2D eigenvalue weighted by molar-refractivity contribution is 5.86. The van der Waals surface area contributed by atoms with Gasteiger partial charge in [0.15, 0.2) is 0 Å². The number of hydrogen-bond donors (Lipinski definition) is 1. The monoisotopic (exact) mass is 329 g/mol. The molecule has 8 heteroatoms. The highest BCUT2D eigenvalue weighted by Crippen LogP contribution is 2.19. The number of pyridine rings is 1. The lowest BCUT2D eigenvalue weighted by Gasteiger charge is -2.05. The van der Waals surface area contributed by atoms with E-state index in [0.717, 1.165) is 11.0 Å². The molecular formula is C13H14Cl2FN5. The molecule has 0 aliphatic heterocycles. The molecule has 0 aliphatic carbocycles. The molecule has 3 heterocycles. The first-order valence-corrected chi connectivity index (χ1v) is 5.81. The van der Waals surface area contributed by atoms with Gasteiger partial charge < -0.3 is 10.3 Å². The number of aromatic nitrogens is 4. The summed E-state index contributed by atoms with van der Waals surface area (Å²) in [5.74, 6) is 0.545. The molecule has 0 saturated heterocycles. The van der Waals surface area contributed by atoms with Crippen LogP contribution in [0, 0.1) is 5.82 Å². The Hall–Kier alpha value is -1.92. The molecule has 3 rings (SSSR count). The van der Waals surface area contributed by atoms with E-state index in [1.807, 2.05) is 23.9 Å². The zero-order valence-electron chi connectivity index (χ0n) is 11.2. The van der Waals surface area contributed by atoms with Crippen LogP contribution in [0.25, 0.3) is 11.0 Å². The van der Waals surface area contributed by atoms with Crippen LogP contribution in [-0.4, -0.2) is 19.5 Å². The van der Waals surface area contributed by atoms with Crippen molar-refractivity contribution in [1.29, 1.82) is 0 Å². The summed E-state index contributed by atoms with van der Waals surface area (Å²) in [4.78, 5) is 12.3. The first-order valence-electron chi connectivity index (χ1n) is 5.81. The number of hydrogen-bond acceptors (Lipinski definition) is 4. The quantitative estimate of drug-likeness (QED) is 0.784. The first-order chi connectivity index (χ1) is 9.15. The van der Waals surface area contributed by atoms with Crippen molar-refractivity contribution in [3.63, 3.8) is 0 Å². The van der Waals surface area contributed by atoms with Gasteiger partial charge in [-0.05, 0) is 17.7 Å². The predicted octanol–water partition coefficient (Wildman–Crippen LogP) is 2.52. The maximum atomic E-state index is 13.6. The van der Waals surface area contributed by atoms with Gasteiger partial charge in [-0.1, -0.05) is 0 Å². The van der Waals surface area contributed by atoms with E-state index >= 15 is 0 Å². The average molecular weight is 330 g/mol. The Morgan fingerprint density at radius 2 is 2.00 bits per heavy atom. The molecule has 0 bridgehead atoms. The zero-order chi connectivity index (χ0) is 13.4. The van der Waals surface area contributed by atoms with Crippen LogP contribution in [0.2, 0.25) is 0 Å². The number of anilines is 1. The minimum atomic E-state index is -0.364. The number of rotatable bonds is 2. The molecule has 0 radical (unpaired) electrons. The second-order valence-electron chi connectivity index (χ2n) is 4.33. The summed E-state index contributed by atoms with van der Waals surface area (Å²) in [6.45, 7) is 0. The summed E-state index contributed by atoms with van der Waals surface area (Å²) in [6, 6.07) is 3.48. The fourth-order valence-corrected chi connectivity index (χ4v) is 2.00. The lowest BCUT2D eigenvalue weighted by Crippen LogP contribution is -2.04. The lowest BCUT2D eigenvalue weighted by atomic mass is 10.2. The van der Waals surface area contributed by atoms with Crippen molar-refractivity contribution < 1.29 is 4.39 Å². The van der Waals surface area contributed by atoms with Crippen molar-refractivity contribution >= 4 is 41.7 Å². The minimum absolute atomic E-state index is 0. The van der Waals surface area contributed by atoms with Gasteiger partial charge in [0.25, 0.3) is 0 Å². The molecule has 0 saturated carbocycles. The van der Waals surface area contributed by atoms with E-state index in [1.165, 1.54) is 6.20 Å². The summed E-state index contributed by atoms with van der Waals surface area (Å²) >= 11 is 0. The number of aryl methyl sites for hydroxylation is 1. The van der Waals surface area contributed by atoms with Crippen LogP contribution < -0.4 is 5.73 Å². The highest BCUT2D eigenvalue weighted by Gasteiger charge is 2.10. The van der Waals surface area contributed by atoms with Crippen LogP contribution in [0.5, 0.6) is 0 Å². The number of nitrogen functional groups attached to an aromatic ring is 1. The zero-order valence-corrected chi connectivity index (χ0v) is 12.8. The Labute approximate surface area is 133 Å². The van der Waals surface area contributed by atoms with Gasteiger partial charge in [0.05, 0.1) is 11.6 Å². The van der Waals surface area contributed by atoms with Crippen molar-refractivity contribution in [2.45, 2.75) is 6.42 Å².